The van der Waals surface area contributed by atoms with Crippen molar-refractivity contribution in [3.8, 4) is 0 Å². The molecule has 0 radical (unpaired) electrons. The summed E-state index contributed by atoms with van der Waals surface area (Å²) in [4.78, 5) is 27.5. The van der Waals surface area contributed by atoms with Gasteiger partial charge < -0.3 is 19.9 Å². The van der Waals surface area contributed by atoms with Crippen molar-refractivity contribution >= 4 is 28.4 Å². The van der Waals surface area contributed by atoms with Crippen LogP contribution in [0.15, 0.2) is 24.3 Å². The number of nitrogens with one attached hydrogen (secondary N) is 1. The molecular weight excluding hydrogens is 354 g/mol. The number of rotatable bonds is 4. The molecule has 1 spiro atoms. The molecule has 3 rings (SSSR count). The fourth-order valence-electron chi connectivity index (χ4n) is 3.67. The summed E-state index contributed by atoms with van der Waals surface area (Å²) in [5.41, 5.74) is 1.84. The average Bonchev–Trinajstić information content (AvgIpc) is 2.83. The normalized spacial score (nSPS) is 22.1. The van der Waals surface area contributed by atoms with E-state index in [1.54, 1.807) is 16.9 Å². The van der Waals surface area contributed by atoms with E-state index in [9.17, 15) is 13.8 Å². The molecule has 2 aliphatic rings. The Morgan fingerprint density at radius 3 is 2.73 bits per heavy atom. The lowest BCUT2D eigenvalue weighted by molar-refractivity contribution is -0.131. The van der Waals surface area contributed by atoms with Gasteiger partial charge in [-0.3, -0.25) is 9.00 Å². The molecule has 2 heterocycles. The number of methoxy groups -OCH3 is 1. The zero-order valence-corrected chi connectivity index (χ0v) is 16.0. The van der Waals surface area contributed by atoms with Crippen LogP contribution in [0.1, 0.15) is 18.4 Å². The molecule has 2 fully saturated rings. The molecule has 1 N–H and O–H groups in total. The SMILES string of the molecule is COCCN1C(=O)CS(=O)C12CCN(C(=O)Nc1cccc(C)c1)CC2. The molecule has 1 aromatic carbocycles. The molecule has 2 saturated heterocycles. The van der Waals surface area contributed by atoms with E-state index in [0.29, 0.717) is 39.1 Å². The molecule has 0 saturated carbocycles. The van der Waals surface area contributed by atoms with Crippen LogP contribution in [0.4, 0.5) is 10.5 Å². The number of urea groups is 1. The van der Waals surface area contributed by atoms with Crippen molar-refractivity contribution in [1.82, 2.24) is 9.80 Å². The Bertz CT molecular complexity index is 716. The van der Waals surface area contributed by atoms with Crippen LogP contribution in [0.2, 0.25) is 0 Å². The second-order valence-electron chi connectivity index (χ2n) is 6.76. The van der Waals surface area contributed by atoms with E-state index in [2.05, 4.69) is 5.32 Å². The minimum Gasteiger partial charge on any atom is -0.383 e. The monoisotopic (exact) mass is 379 g/mol. The topological polar surface area (TPSA) is 79.0 Å². The van der Waals surface area contributed by atoms with Gasteiger partial charge in [-0.2, -0.15) is 0 Å². The Balaban J connectivity index is 1.64. The van der Waals surface area contributed by atoms with E-state index in [4.69, 9.17) is 4.74 Å². The van der Waals surface area contributed by atoms with E-state index in [1.165, 1.54) is 0 Å². The van der Waals surface area contributed by atoms with E-state index in [0.717, 1.165) is 11.3 Å². The van der Waals surface area contributed by atoms with Crippen molar-refractivity contribution < 1.29 is 18.5 Å². The number of hydrogen-bond acceptors (Lipinski definition) is 4. The molecule has 1 atom stereocenters. The lowest BCUT2D eigenvalue weighted by Gasteiger charge is -2.43. The highest BCUT2D eigenvalue weighted by molar-refractivity contribution is 7.87. The summed E-state index contributed by atoms with van der Waals surface area (Å²) in [5.74, 6) is -0.0165. The molecule has 26 heavy (non-hydrogen) atoms. The van der Waals surface area contributed by atoms with Gasteiger partial charge in [0, 0.05) is 45.3 Å². The number of anilines is 1. The minimum absolute atomic E-state index is 0.0687. The number of carbonyl (C=O) groups is 2. The number of piperidine rings is 1. The number of amides is 3. The van der Waals surface area contributed by atoms with Crippen LogP contribution in [0.25, 0.3) is 0 Å². The number of hydrogen-bond donors (Lipinski definition) is 1. The quantitative estimate of drug-likeness (QED) is 0.861. The van der Waals surface area contributed by atoms with Crippen molar-refractivity contribution in [2.75, 3.05) is 44.4 Å². The number of benzene rings is 1. The number of aryl methyl sites for hydroxylation is 1. The van der Waals surface area contributed by atoms with Gasteiger partial charge in [0.05, 0.1) is 17.4 Å². The van der Waals surface area contributed by atoms with E-state index < -0.39 is 15.7 Å². The molecule has 1 aromatic rings. The predicted octanol–water partition coefficient (Wildman–Crippen LogP) is 1.56. The van der Waals surface area contributed by atoms with Gasteiger partial charge in [-0.15, -0.1) is 0 Å². The molecule has 7 nitrogen and oxygen atoms in total. The van der Waals surface area contributed by atoms with Crippen molar-refractivity contribution in [3.05, 3.63) is 29.8 Å². The molecule has 2 aliphatic heterocycles. The first-order chi connectivity index (χ1) is 12.5. The summed E-state index contributed by atoms with van der Waals surface area (Å²) in [6, 6.07) is 7.48. The first kappa shape index (κ1) is 18.8. The Morgan fingerprint density at radius 1 is 1.35 bits per heavy atom. The van der Waals surface area contributed by atoms with Crippen molar-refractivity contribution in [2.45, 2.75) is 24.6 Å². The fraction of sp³-hybridized carbons (Fsp3) is 0.556. The summed E-state index contributed by atoms with van der Waals surface area (Å²) < 4.78 is 17.7. The molecule has 1 unspecified atom stereocenters. The number of ether oxygens (including phenoxy) is 1. The highest BCUT2D eigenvalue weighted by atomic mass is 32.2. The highest BCUT2D eigenvalue weighted by Gasteiger charge is 2.52. The molecule has 142 valence electrons. The van der Waals surface area contributed by atoms with Gasteiger partial charge in [-0.05, 0) is 24.6 Å². The van der Waals surface area contributed by atoms with Crippen LogP contribution < -0.4 is 5.32 Å². The van der Waals surface area contributed by atoms with Crippen LogP contribution in [0.3, 0.4) is 0 Å². The largest absolute Gasteiger partial charge is 0.383 e. The molecule has 0 bridgehead atoms. The summed E-state index contributed by atoms with van der Waals surface area (Å²) in [6.07, 6.45) is 1.05. The molecule has 0 aromatic heterocycles. The Hall–Kier alpha value is -1.93. The first-order valence-corrected chi connectivity index (χ1v) is 10.1. The second-order valence-corrected chi connectivity index (χ2v) is 8.50. The number of likely N-dealkylation sites (tertiary alicyclic amines) is 1. The first-order valence-electron chi connectivity index (χ1n) is 8.77. The predicted molar refractivity (Wildman–Crippen MR) is 100 cm³/mol. The Morgan fingerprint density at radius 2 is 2.08 bits per heavy atom. The Kier molecular flexibility index (Phi) is 5.62. The summed E-state index contributed by atoms with van der Waals surface area (Å²) >= 11 is 0. The van der Waals surface area contributed by atoms with E-state index >= 15 is 0 Å². The van der Waals surface area contributed by atoms with Crippen LogP contribution in [-0.2, 0) is 20.3 Å². The van der Waals surface area contributed by atoms with E-state index in [1.807, 2.05) is 31.2 Å². The zero-order chi connectivity index (χ0) is 18.7. The van der Waals surface area contributed by atoms with E-state index in [-0.39, 0.29) is 17.7 Å². The maximum atomic E-state index is 12.6. The van der Waals surface area contributed by atoms with Gasteiger partial charge in [0.15, 0.2) is 0 Å². The van der Waals surface area contributed by atoms with Crippen molar-refractivity contribution in [1.29, 1.82) is 0 Å². The van der Waals surface area contributed by atoms with Gasteiger partial charge in [0.1, 0.15) is 10.6 Å². The second kappa shape index (κ2) is 7.75. The molecular formula is C18H25N3O4S. The summed E-state index contributed by atoms with van der Waals surface area (Å²) in [5, 5.41) is 2.91. The maximum Gasteiger partial charge on any atom is 0.321 e. The third-order valence-corrected chi connectivity index (χ3v) is 7.08. The molecule has 0 aliphatic carbocycles. The smallest absolute Gasteiger partial charge is 0.321 e. The van der Waals surface area contributed by atoms with Crippen LogP contribution >= 0.6 is 0 Å². The number of carbonyl (C=O) groups excluding carboxylic acids is 2. The highest BCUT2D eigenvalue weighted by Crippen LogP contribution is 2.37. The molecule has 3 amide bonds. The minimum atomic E-state index is -1.24. The van der Waals surface area contributed by atoms with Gasteiger partial charge >= 0.3 is 6.03 Å². The van der Waals surface area contributed by atoms with Crippen molar-refractivity contribution in [3.63, 3.8) is 0 Å². The fourth-order valence-corrected chi connectivity index (χ4v) is 5.39. The molecule has 8 heteroatoms. The van der Waals surface area contributed by atoms with Crippen LogP contribution in [0, 0.1) is 6.92 Å². The third-order valence-electron chi connectivity index (χ3n) is 5.09. The van der Waals surface area contributed by atoms with Gasteiger partial charge in [0.2, 0.25) is 5.91 Å². The standard InChI is InChI=1S/C18H25N3O4S/c1-14-4-3-5-15(12-14)19-17(23)20-8-6-18(7-9-20)21(10-11-25-2)16(22)13-26(18)24/h3-5,12H,6-11,13H2,1-2H3,(H,19,23). The van der Waals surface area contributed by atoms with Crippen LogP contribution in [0.5, 0.6) is 0 Å². The van der Waals surface area contributed by atoms with Crippen molar-refractivity contribution in [2.24, 2.45) is 0 Å². The maximum absolute atomic E-state index is 12.6. The summed E-state index contributed by atoms with van der Waals surface area (Å²) in [6.45, 7) is 3.78. The summed E-state index contributed by atoms with van der Waals surface area (Å²) in [7, 11) is 0.347. The zero-order valence-electron chi connectivity index (χ0n) is 15.2. The average molecular weight is 379 g/mol. The lowest BCUT2D eigenvalue weighted by atomic mass is 10.0. The van der Waals surface area contributed by atoms with Gasteiger partial charge in [-0.25, -0.2) is 4.79 Å². The lowest BCUT2D eigenvalue weighted by Crippen LogP contribution is -2.56. The van der Waals surface area contributed by atoms with Crippen LogP contribution in [-0.4, -0.2) is 69.9 Å². The van der Waals surface area contributed by atoms with Gasteiger partial charge in [0.25, 0.3) is 0 Å². The number of nitrogens with zero attached hydrogens (tertiary/aromatic N) is 2. The van der Waals surface area contributed by atoms with Gasteiger partial charge in [-0.1, -0.05) is 12.1 Å². The Labute approximate surface area is 156 Å². The third kappa shape index (κ3) is 3.61.